The summed E-state index contributed by atoms with van der Waals surface area (Å²) in [6.07, 6.45) is 0.0503. The molecular formula is C34H42N6O9S. The number of nitrogens with one attached hydrogen (secondary N) is 4. The highest BCUT2D eigenvalue weighted by molar-refractivity contribution is 7.89. The van der Waals surface area contributed by atoms with Crippen LogP contribution < -0.4 is 30.7 Å². The molecule has 0 saturated carbocycles. The van der Waals surface area contributed by atoms with Crippen molar-refractivity contribution in [3.05, 3.63) is 71.6 Å². The van der Waals surface area contributed by atoms with Crippen molar-refractivity contribution in [1.29, 1.82) is 0 Å². The number of carbonyl (C=O) groups is 4. The molecule has 4 N–H and O–H groups in total. The van der Waals surface area contributed by atoms with Crippen molar-refractivity contribution in [2.45, 2.75) is 75.6 Å². The van der Waals surface area contributed by atoms with E-state index in [2.05, 4.69) is 26.4 Å². The van der Waals surface area contributed by atoms with E-state index in [1.54, 1.807) is 43.3 Å². The minimum Gasteiger partial charge on any atom is -0.492 e. The van der Waals surface area contributed by atoms with Crippen LogP contribution in [0.3, 0.4) is 0 Å². The quantitative estimate of drug-likeness (QED) is 0.285. The second kappa shape index (κ2) is 15.3. The topological polar surface area (TPSA) is 198 Å². The molecule has 2 bridgehead atoms. The number of nitrogens with zero attached hydrogens (tertiary/aromatic N) is 2. The third kappa shape index (κ3) is 8.25. The van der Waals surface area contributed by atoms with Gasteiger partial charge in [0.1, 0.15) is 46.8 Å². The van der Waals surface area contributed by atoms with Gasteiger partial charge in [-0.15, -0.1) is 0 Å². The van der Waals surface area contributed by atoms with Crippen molar-refractivity contribution in [1.82, 2.24) is 30.7 Å². The SMILES string of the molecule is Cc1noc(C)c1S(=O)(=O)N1CCC2(CC1)Oc1ccc(cc1)OCCNC(=O)[C@H](C)NC(=O)[C@H](Cc1ccccc1)NC(=O)[C@H](C)NC2=O. The van der Waals surface area contributed by atoms with E-state index in [4.69, 9.17) is 14.0 Å². The summed E-state index contributed by atoms with van der Waals surface area (Å²) >= 11 is 0. The molecule has 50 heavy (non-hydrogen) atoms. The Labute approximate surface area is 290 Å². The van der Waals surface area contributed by atoms with Gasteiger partial charge in [-0.25, -0.2) is 8.42 Å². The van der Waals surface area contributed by atoms with E-state index < -0.39 is 57.4 Å². The van der Waals surface area contributed by atoms with Crippen molar-refractivity contribution in [3.63, 3.8) is 0 Å². The predicted octanol–water partition coefficient (Wildman–Crippen LogP) is 1.14. The van der Waals surface area contributed by atoms with E-state index in [-0.39, 0.29) is 61.9 Å². The zero-order valence-electron chi connectivity index (χ0n) is 28.4. The van der Waals surface area contributed by atoms with Crippen LogP contribution in [-0.4, -0.2) is 91.5 Å². The number of piperidine rings is 1. The number of ether oxygens (including phenoxy) is 2. The number of aromatic nitrogens is 1. The number of fused-ring (bicyclic) bond motifs is 15. The lowest BCUT2D eigenvalue weighted by Gasteiger charge is -2.40. The standard InChI is InChI=1S/C34H42N6O9S/c1-21-29(24(4)49-39-21)50(45,46)40-17-14-34(15-18-40)33(44)37-23(3)31(42)38-28(20-25-8-6-5-7-9-25)32(43)36-22(2)30(41)35-16-19-47-26-10-12-27(48-34)13-11-26/h5-13,22-23,28H,14-20H2,1-4H3,(H,35,41)(H,36,43)(H,37,44)(H,38,42)/t22-,23-,28-/m0/s1. The van der Waals surface area contributed by atoms with Gasteiger partial charge in [-0.1, -0.05) is 35.5 Å². The van der Waals surface area contributed by atoms with E-state index in [1.807, 2.05) is 18.2 Å². The van der Waals surface area contributed by atoms with E-state index in [0.717, 1.165) is 5.56 Å². The van der Waals surface area contributed by atoms with E-state index in [1.165, 1.54) is 25.1 Å². The molecule has 1 fully saturated rings. The maximum Gasteiger partial charge on any atom is 0.264 e. The second-order valence-electron chi connectivity index (χ2n) is 12.4. The monoisotopic (exact) mass is 710 g/mol. The van der Waals surface area contributed by atoms with Gasteiger partial charge in [-0.05, 0) is 57.5 Å². The molecule has 1 aromatic heterocycles. The highest BCUT2D eigenvalue weighted by Gasteiger charge is 2.47. The number of hydrogen-bond acceptors (Lipinski definition) is 10. The minimum atomic E-state index is -3.99. The number of benzene rings is 2. The van der Waals surface area contributed by atoms with Gasteiger partial charge < -0.3 is 35.3 Å². The van der Waals surface area contributed by atoms with Crippen LogP contribution in [0.2, 0.25) is 0 Å². The van der Waals surface area contributed by atoms with E-state index >= 15 is 0 Å². The largest absolute Gasteiger partial charge is 0.492 e. The van der Waals surface area contributed by atoms with Crippen LogP contribution in [0.4, 0.5) is 0 Å². The highest BCUT2D eigenvalue weighted by Crippen LogP contribution is 2.34. The number of rotatable bonds is 4. The second-order valence-corrected chi connectivity index (χ2v) is 14.3. The lowest BCUT2D eigenvalue weighted by Crippen LogP contribution is -2.61. The van der Waals surface area contributed by atoms with Crippen molar-refractivity contribution < 1.29 is 41.6 Å². The van der Waals surface area contributed by atoms with Gasteiger partial charge in [0.25, 0.3) is 5.91 Å². The first-order chi connectivity index (χ1) is 23.8. The van der Waals surface area contributed by atoms with Gasteiger partial charge in [0, 0.05) is 32.4 Å². The Morgan fingerprint density at radius 1 is 0.840 bits per heavy atom. The fraction of sp³-hybridized carbons (Fsp3) is 0.441. The fourth-order valence-corrected chi connectivity index (χ4v) is 7.62. The van der Waals surface area contributed by atoms with Crippen LogP contribution in [0.1, 0.15) is 43.7 Å². The molecule has 4 heterocycles. The van der Waals surface area contributed by atoms with Crippen molar-refractivity contribution in [3.8, 4) is 11.5 Å². The minimum absolute atomic E-state index is 0.0148. The third-order valence-corrected chi connectivity index (χ3v) is 10.9. The number of carbonyl (C=O) groups excluding carboxylic acids is 4. The molecule has 1 spiro atoms. The highest BCUT2D eigenvalue weighted by atomic mass is 32.2. The summed E-state index contributed by atoms with van der Waals surface area (Å²) in [5.41, 5.74) is -0.550. The Morgan fingerprint density at radius 2 is 1.48 bits per heavy atom. The van der Waals surface area contributed by atoms with E-state index in [9.17, 15) is 27.6 Å². The first-order valence-electron chi connectivity index (χ1n) is 16.4. The van der Waals surface area contributed by atoms with Gasteiger partial charge in [0.05, 0.1) is 6.54 Å². The summed E-state index contributed by atoms with van der Waals surface area (Å²) in [4.78, 5) is 53.7. The maximum absolute atomic E-state index is 14.1. The Kier molecular flexibility index (Phi) is 11.1. The first kappa shape index (κ1) is 36.3. The molecule has 0 aliphatic carbocycles. The molecule has 1 saturated heterocycles. The molecule has 3 aromatic rings. The molecule has 268 valence electrons. The van der Waals surface area contributed by atoms with Gasteiger partial charge in [0.15, 0.2) is 11.4 Å². The lowest BCUT2D eigenvalue weighted by atomic mass is 9.90. The summed E-state index contributed by atoms with van der Waals surface area (Å²) < 4.78 is 45.6. The van der Waals surface area contributed by atoms with Crippen LogP contribution >= 0.6 is 0 Å². The van der Waals surface area contributed by atoms with Crippen LogP contribution in [0, 0.1) is 13.8 Å². The average molecular weight is 711 g/mol. The van der Waals surface area contributed by atoms with Crippen LogP contribution in [0.5, 0.6) is 11.5 Å². The number of amides is 4. The Bertz CT molecular complexity index is 1790. The molecule has 3 aliphatic rings. The normalized spacial score (nSPS) is 22.8. The maximum atomic E-state index is 14.1. The number of hydrogen-bond donors (Lipinski definition) is 4. The Morgan fingerprint density at radius 3 is 2.12 bits per heavy atom. The molecule has 0 unspecified atom stereocenters. The van der Waals surface area contributed by atoms with E-state index in [0.29, 0.717) is 11.5 Å². The van der Waals surface area contributed by atoms with Gasteiger partial charge >= 0.3 is 0 Å². The summed E-state index contributed by atoms with van der Waals surface area (Å²) in [6.45, 7) is 6.25. The molecule has 15 nitrogen and oxygen atoms in total. The van der Waals surface area contributed by atoms with Crippen molar-refractivity contribution >= 4 is 33.7 Å². The number of aryl methyl sites for hydroxylation is 2. The number of sulfonamides is 1. The molecular weight excluding hydrogens is 668 g/mol. The summed E-state index contributed by atoms with van der Waals surface area (Å²) in [5.74, 6) is -1.31. The smallest absolute Gasteiger partial charge is 0.264 e. The average Bonchev–Trinajstić information content (AvgIpc) is 3.45. The van der Waals surface area contributed by atoms with Crippen molar-refractivity contribution in [2.75, 3.05) is 26.2 Å². The lowest BCUT2D eigenvalue weighted by molar-refractivity contribution is -0.143. The van der Waals surface area contributed by atoms with Crippen LogP contribution in [0.15, 0.2) is 64.0 Å². The molecule has 3 aliphatic heterocycles. The van der Waals surface area contributed by atoms with Crippen LogP contribution in [-0.2, 0) is 35.6 Å². The fourth-order valence-electron chi connectivity index (χ4n) is 5.89. The van der Waals surface area contributed by atoms with Crippen LogP contribution in [0.25, 0.3) is 0 Å². The molecule has 4 amide bonds. The third-order valence-electron chi connectivity index (χ3n) is 8.73. The molecule has 0 radical (unpaired) electrons. The summed E-state index contributed by atoms with van der Waals surface area (Å²) in [5, 5.41) is 14.6. The van der Waals surface area contributed by atoms with Crippen molar-refractivity contribution in [2.24, 2.45) is 0 Å². The molecule has 3 atom stereocenters. The predicted molar refractivity (Wildman–Crippen MR) is 180 cm³/mol. The summed E-state index contributed by atoms with van der Waals surface area (Å²) in [6, 6.07) is 12.5. The first-order valence-corrected chi connectivity index (χ1v) is 17.8. The molecule has 16 heteroatoms. The van der Waals surface area contributed by atoms with Gasteiger partial charge in [0.2, 0.25) is 27.7 Å². The molecule has 6 rings (SSSR count). The van der Waals surface area contributed by atoms with Gasteiger partial charge in [-0.3, -0.25) is 19.2 Å². The Balaban J connectivity index is 1.41. The zero-order chi connectivity index (χ0) is 36.1. The molecule has 2 aromatic carbocycles. The zero-order valence-corrected chi connectivity index (χ0v) is 29.2. The Hall–Kier alpha value is -4.96. The summed E-state index contributed by atoms with van der Waals surface area (Å²) in [7, 11) is -3.99. The van der Waals surface area contributed by atoms with Gasteiger partial charge in [-0.2, -0.15) is 4.31 Å².